The minimum Gasteiger partial charge on any atom is -0.351 e. The van der Waals surface area contributed by atoms with Gasteiger partial charge in [0, 0.05) is 11.2 Å². The molecule has 1 amide bonds. The molecule has 1 heterocycles. The summed E-state index contributed by atoms with van der Waals surface area (Å²) in [5, 5.41) is 11.7. The van der Waals surface area contributed by atoms with Gasteiger partial charge in [-0.15, -0.1) is 10.2 Å². The maximum atomic E-state index is 11.9. The number of carbonyl (C=O) groups excluding carboxylic acids is 1. The van der Waals surface area contributed by atoms with Gasteiger partial charge in [0.2, 0.25) is 5.91 Å². The molecule has 124 valence electrons. The predicted octanol–water partition coefficient (Wildman–Crippen LogP) is 3.40. The number of carbonyl (C=O) groups is 1. The molecular formula is C17H24N4OS. The van der Waals surface area contributed by atoms with Crippen LogP contribution in [0, 0.1) is 0 Å². The largest absolute Gasteiger partial charge is 0.351 e. The first-order chi connectivity index (χ1) is 10.8. The van der Waals surface area contributed by atoms with Crippen molar-refractivity contribution < 1.29 is 4.79 Å². The van der Waals surface area contributed by atoms with E-state index in [0.29, 0.717) is 16.8 Å². The molecule has 0 atom stereocenters. The Balaban J connectivity index is 2.06. The predicted molar refractivity (Wildman–Crippen MR) is 94.1 cm³/mol. The summed E-state index contributed by atoms with van der Waals surface area (Å²) >= 11 is 1.39. The van der Waals surface area contributed by atoms with Gasteiger partial charge >= 0.3 is 0 Å². The van der Waals surface area contributed by atoms with Gasteiger partial charge in [0.1, 0.15) is 6.33 Å². The zero-order valence-corrected chi connectivity index (χ0v) is 15.1. The van der Waals surface area contributed by atoms with Crippen LogP contribution in [0.3, 0.4) is 0 Å². The normalized spacial score (nSPS) is 11.7. The number of nitrogens with one attached hydrogen (secondary N) is 1. The topological polar surface area (TPSA) is 59.8 Å². The van der Waals surface area contributed by atoms with E-state index in [0.717, 1.165) is 5.69 Å². The number of hydrogen-bond acceptors (Lipinski definition) is 4. The summed E-state index contributed by atoms with van der Waals surface area (Å²) in [6.07, 6.45) is 1.67. The van der Waals surface area contributed by atoms with Crippen molar-refractivity contribution >= 4 is 17.7 Å². The van der Waals surface area contributed by atoms with Gasteiger partial charge in [-0.2, -0.15) is 0 Å². The summed E-state index contributed by atoms with van der Waals surface area (Å²) in [6.45, 7) is 10.2. The maximum absolute atomic E-state index is 11.9. The Hall–Kier alpha value is -1.82. The van der Waals surface area contributed by atoms with Crippen LogP contribution in [0.25, 0.3) is 5.69 Å². The molecule has 0 fully saturated rings. The van der Waals surface area contributed by atoms with Crippen LogP contribution in [0.5, 0.6) is 0 Å². The smallest absolute Gasteiger partial charge is 0.230 e. The molecular weight excluding hydrogens is 308 g/mol. The monoisotopic (exact) mass is 332 g/mol. The average Bonchev–Trinajstić information content (AvgIpc) is 2.92. The van der Waals surface area contributed by atoms with Gasteiger partial charge in [-0.3, -0.25) is 9.36 Å². The molecule has 23 heavy (non-hydrogen) atoms. The lowest BCUT2D eigenvalue weighted by molar-refractivity contribution is -0.119. The lowest BCUT2D eigenvalue weighted by Gasteiger charge is -2.20. The Morgan fingerprint density at radius 1 is 1.26 bits per heavy atom. The van der Waals surface area contributed by atoms with Gasteiger partial charge in [0.25, 0.3) is 0 Å². The first kappa shape index (κ1) is 17.5. The third kappa shape index (κ3) is 5.10. The summed E-state index contributed by atoms with van der Waals surface area (Å²) in [5.74, 6) is 0.812. The highest BCUT2D eigenvalue weighted by atomic mass is 32.2. The van der Waals surface area contributed by atoms with Gasteiger partial charge in [-0.1, -0.05) is 37.7 Å². The molecule has 0 aliphatic carbocycles. The molecule has 6 heteroatoms. The van der Waals surface area contributed by atoms with Gasteiger partial charge in [0.05, 0.1) is 5.75 Å². The molecule has 5 nitrogen and oxygen atoms in total. The molecule has 1 N–H and O–H groups in total. The minimum absolute atomic E-state index is 0.00722. The third-order valence-electron chi connectivity index (χ3n) is 3.20. The van der Waals surface area contributed by atoms with Crippen LogP contribution in [-0.2, 0) is 4.79 Å². The fourth-order valence-corrected chi connectivity index (χ4v) is 2.83. The van der Waals surface area contributed by atoms with Crippen molar-refractivity contribution in [3.8, 4) is 5.69 Å². The quantitative estimate of drug-likeness (QED) is 0.853. The fourth-order valence-electron chi connectivity index (χ4n) is 2.10. The molecule has 0 spiro atoms. The highest BCUT2D eigenvalue weighted by Gasteiger charge is 2.15. The Morgan fingerprint density at radius 2 is 1.91 bits per heavy atom. The first-order valence-corrected chi connectivity index (χ1v) is 8.69. The SMILES string of the molecule is CC(C)c1ccc(-n2cnnc2SCC(=O)NC(C)(C)C)cc1. The van der Waals surface area contributed by atoms with Crippen molar-refractivity contribution in [3.05, 3.63) is 36.2 Å². The van der Waals surface area contributed by atoms with Crippen LogP contribution < -0.4 is 5.32 Å². The summed E-state index contributed by atoms with van der Waals surface area (Å²) in [6, 6.07) is 8.33. The van der Waals surface area contributed by atoms with Crippen LogP contribution in [0.1, 0.15) is 46.1 Å². The van der Waals surface area contributed by atoms with Gasteiger partial charge in [0.15, 0.2) is 5.16 Å². The molecule has 1 aromatic heterocycles. The first-order valence-electron chi connectivity index (χ1n) is 7.70. The van der Waals surface area contributed by atoms with E-state index in [1.165, 1.54) is 17.3 Å². The van der Waals surface area contributed by atoms with Crippen molar-refractivity contribution in [1.29, 1.82) is 0 Å². The molecule has 1 aromatic carbocycles. The summed E-state index contributed by atoms with van der Waals surface area (Å²) < 4.78 is 1.90. The van der Waals surface area contributed by atoms with Crippen molar-refractivity contribution in [2.24, 2.45) is 0 Å². The number of hydrogen-bond donors (Lipinski definition) is 1. The van der Waals surface area contributed by atoms with Crippen molar-refractivity contribution in [1.82, 2.24) is 20.1 Å². The second kappa shape index (κ2) is 7.17. The molecule has 0 bridgehead atoms. The fraction of sp³-hybridized carbons (Fsp3) is 0.471. The molecule has 2 rings (SSSR count). The van der Waals surface area contributed by atoms with E-state index in [-0.39, 0.29) is 11.4 Å². The molecule has 0 saturated carbocycles. The number of thioether (sulfide) groups is 1. The van der Waals surface area contributed by atoms with Crippen LogP contribution >= 0.6 is 11.8 Å². The summed E-state index contributed by atoms with van der Waals surface area (Å²) in [4.78, 5) is 11.9. The molecule has 0 aliphatic rings. The van der Waals surface area contributed by atoms with Crippen molar-refractivity contribution in [3.63, 3.8) is 0 Å². The highest BCUT2D eigenvalue weighted by Crippen LogP contribution is 2.21. The van der Waals surface area contributed by atoms with E-state index in [2.05, 4.69) is 53.6 Å². The number of amides is 1. The van der Waals surface area contributed by atoms with Gasteiger partial charge < -0.3 is 5.32 Å². The lowest BCUT2D eigenvalue weighted by Crippen LogP contribution is -2.41. The Morgan fingerprint density at radius 3 is 2.48 bits per heavy atom. The Kier molecular flexibility index (Phi) is 5.46. The Bertz CT molecular complexity index is 656. The minimum atomic E-state index is -0.224. The van der Waals surface area contributed by atoms with E-state index in [4.69, 9.17) is 0 Å². The van der Waals surface area contributed by atoms with E-state index in [9.17, 15) is 4.79 Å². The second-order valence-corrected chi connectivity index (χ2v) is 7.76. The van der Waals surface area contributed by atoms with Crippen molar-refractivity contribution in [2.45, 2.75) is 51.2 Å². The van der Waals surface area contributed by atoms with E-state index in [1.54, 1.807) is 6.33 Å². The Labute approximate surface area is 141 Å². The number of rotatable bonds is 5. The van der Waals surface area contributed by atoms with E-state index in [1.807, 2.05) is 25.3 Å². The molecule has 0 aliphatic heterocycles. The number of aromatic nitrogens is 3. The lowest BCUT2D eigenvalue weighted by atomic mass is 10.0. The molecule has 2 aromatic rings. The van der Waals surface area contributed by atoms with Crippen LogP contribution in [-0.4, -0.2) is 32.0 Å². The van der Waals surface area contributed by atoms with Crippen LogP contribution in [0.2, 0.25) is 0 Å². The summed E-state index contributed by atoms with van der Waals surface area (Å²) in [7, 11) is 0. The zero-order chi connectivity index (χ0) is 17.0. The van der Waals surface area contributed by atoms with Gasteiger partial charge in [-0.25, -0.2) is 0 Å². The average molecular weight is 332 g/mol. The standard InChI is InChI=1S/C17H24N4OS/c1-12(2)13-6-8-14(9-7-13)21-11-18-20-16(21)23-10-15(22)19-17(3,4)5/h6-9,11-12H,10H2,1-5H3,(H,19,22). The van der Waals surface area contributed by atoms with Crippen molar-refractivity contribution in [2.75, 3.05) is 5.75 Å². The molecule has 0 saturated heterocycles. The van der Waals surface area contributed by atoms with E-state index < -0.39 is 0 Å². The molecule has 0 unspecified atom stereocenters. The van der Waals surface area contributed by atoms with Crippen LogP contribution in [0.15, 0.2) is 35.7 Å². The zero-order valence-electron chi connectivity index (χ0n) is 14.3. The number of benzene rings is 1. The highest BCUT2D eigenvalue weighted by molar-refractivity contribution is 7.99. The second-order valence-electron chi connectivity index (χ2n) is 6.82. The maximum Gasteiger partial charge on any atom is 0.230 e. The van der Waals surface area contributed by atoms with Gasteiger partial charge in [-0.05, 0) is 44.4 Å². The van der Waals surface area contributed by atoms with E-state index >= 15 is 0 Å². The molecule has 0 radical (unpaired) electrons. The third-order valence-corrected chi connectivity index (χ3v) is 4.14. The summed E-state index contributed by atoms with van der Waals surface area (Å²) in [5.41, 5.74) is 2.07. The van der Waals surface area contributed by atoms with Crippen LogP contribution in [0.4, 0.5) is 0 Å². The number of nitrogens with zero attached hydrogens (tertiary/aromatic N) is 3.